The molecule has 8 heteroatoms. The van der Waals surface area contributed by atoms with Crippen LogP contribution < -0.4 is 4.90 Å². The zero-order chi connectivity index (χ0) is 25.1. The van der Waals surface area contributed by atoms with Gasteiger partial charge in [0.05, 0.1) is 17.5 Å². The molecule has 2 amide bonds. The van der Waals surface area contributed by atoms with Gasteiger partial charge in [-0.15, -0.1) is 0 Å². The van der Waals surface area contributed by atoms with Crippen LogP contribution in [0.1, 0.15) is 53.6 Å². The molecule has 1 aromatic heterocycles. The molecule has 2 saturated heterocycles. The van der Waals surface area contributed by atoms with Crippen LogP contribution in [0.5, 0.6) is 0 Å². The number of fused-ring (bicyclic) bond motifs is 2. The van der Waals surface area contributed by atoms with Crippen molar-refractivity contribution in [2.24, 2.45) is 5.92 Å². The van der Waals surface area contributed by atoms with E-state index in [0.717, 1.165) is 55.7 Å². The lowest BCUT2D eigenvalue weighted by Crippen LogP contribution is -2.41. The molecule has 1 saturated carbocycles. The highest BCUT2D eigenvalue weighted by Crippen LogP contribution is 2.52. The summed E-state index contributed by atoms with van der Waals surface area (Å²) in [5.74, 6) is 0.991. The predicted octanol–water partition coefficient (Wildman–Crippen LogP) is 2.72. The van der Waals surface area contributed by atoms with E-state index in [1.165, 1.54) is 0 Å². The topological polar surface area (TPSA) is 83.0 Å². The van der Waals surface area contributed by atoms with E-state index >= 15 is 0 Å². The molecular weight excluding hydrogens is 456 g/mol. The molecule has 4 aliphatic rings. The van der Waals surface area contributed by atoms with Gasteiger partial charge in [-0.3, -0.25) is 9.59 Å². The second kappa shape index (κ2) is 8.32. The lowest BCUT2D eigenvalue weighted by Gasteiger charge is -2.33. The predicted molar refractivity (Wildman–Crippen MR) is 134 cm³/mol. The van der Waals surface area contributed by atoms with Crippen LogP contribution in [-0.4, -0.2) is 72.8 Å². The minimum atomic E-state index is -0.721. The van der Waals surface area contributed by atoms with Crippen LogP contribution in [0.3, 0.4) is 0 Å². The number of anilines is 1. The van der Waals surface area contributed by atoms with Crippen molar-refractivity contribution in [1.82, 2.24) is 14.8 Å². The molecule has 0 radical (unpaired) electrons. The Balaban J connectivity index is 1.13. The van der Waals surface area contributed by atoms with E-state index in [0.29, 0.717) is 25.1 Å². The summed E-state index contributed by atoms with van der Waals surface area (Å²) in [4.78, 5) is 48.9. The normalized spacial score (nSPS) is 24.6. The number of hydrogen-bond donors (Lipinski definition) is 0. The highest BCUT2D eigenvalue weighted by molar-refractivity contribution is 5.96. The first-order valence-corrected chi connectivity index (χ1v) is 12.9. The van der Waals surface area contributed by atoms with Crippen LogP contribution in [0.2, 0.25) is 0 Å². The van der Waals surface area contributed by atoms with Crippen LogP contribution in [0.15, 0.2) is 42.6 Å². The number of pyridine rings is 1. The van der Waals surface area contributed by atoms with E-state index in [9.17, 15) is 14.4 Å². The number of esters is 1. The second-order valence-corrected chi connectivity index (χ2v) is 10.9. The molecule has 188 valence electrons. The number of likely N-dealkylation sites (tertiary alicyclic amines) is 1. The third kappa shape index (κ3) is 3.57. The first kappa shape index (κ1) is 23.0. The third-order valence-electron chi connectivity index (χ3n) is 8.51. The molecule has 1 atom stereocenters. The minimum absolute atomic E-state index is 0.0812. The zero-order valence-electron chi connectivity index (χ0n) is 20.9. The number of aromatic nitrogens is 1. The number of carbonyl (C=O) groups excluding carboxylic acids is 3. The van der Waals surface area contributed by atoms with Crippen molar-refractivity contribution in [3.8, 4) is 0 Å². The molecule has 3 aliphatic heterocycles. The molecular formula is C28H32N4O4. The van der Waals surface area contributed by atoms with Crippen LogP contribution in [0, 0.1) is 5.92 Å². The summed E-state index contributed by atoms with van der Waals surface area (Å²) in [6.07, 6.45) is 5.76. The Morgan fingerprint density at radius 3 is 2.44 bits per heavy atom. The summed E-state index contributed by atoms with van der Waals surface area (Å²) in [6.45, 7) is 2.59. The molecule has 36 heavy (non-hydrogen) atoms. The number of ether oxygens (including phenoxy) is 1. The Labute approximate surface area is 211 Å². The van der Waals surface area contributed by atoms with Crippen LogP contribution in [0.4, 0.5) is 5.82 Å². The van der Waals surface area contributed by atoms with E-state index in [4.69, 9.17) is 9.72 Å². The van der Waals surface area contributed by atoms with Crippen molar-refractivity contribution in [1.29, 1.82) is 0 Å². The Bertz CT molecular complexity index is 1210. The average Bonchev–Trinajstić information content (AvgIpc) is 3.54. The van der Waals surface area contributed by atoms with Gasteiger partial charge in [0, 0.05) is 57.8 Å². The fraction of sp³-hybridized carbons (Fsp3) is 0.500. The smallest absolute Gasteiger partial charge is 0.339 e. The Hall–Kier alpha value is -3.42. The van der Waals surface area contributed by atoms with Crippen molar-refractivity contribution in [2.45, 2.75) is 43.1 Å². The molecule has 2 aromatic rings. The number of rotatable bonds is 4. The molecule has 6 rings (SSSR count). The number of hydrogen-bond acceptors (Lipinski definition) is 6. The van der Waals surface area contributed by atoms with Gasteiger partial charge in [0.2, 0.25) is 11.8 Å². The van der Waals surface area contributed by atoms with Crippen LogP contribution in [0.25, 0.3) is 0 Å². The van der Waals surface area contributed by atoms with Crippen molar-refractivity contribution in [3.63, 3.8) is 0 Å². The van der Waals surface area contributed by atoms with E-state index in [1.807, 2.05) is 55.5 Å². The van der Waals surface area contributed by atoms with Gasteiger partial charge in [-0.25, -0.2) is 9.78 Å². The number of piperidine rings is 1. The standard InChI is InChI=1S/C28H32N4O4/c1-30(2)24(33)19-9-14-31(15-10-19)23-8-7-20(17-29-23)27(11-12-27)26(35)32-16-13-28(18-32)22-6-4-3-5-21(22)25(34)36-28/h3-8,17,19H,9-16,18H2,1-2H3. The highest BCUT2D eigenvalue weighted by atomic mass is 16.6. The quantitative estimate of drug-likeness (QED) is 0.616. The number of amides is 2. The molecule has 4 heterocycles. The summed E-state index contributed by atoms with van der Waals surface area (Å²) in [5, 5.41) is 0. The van der Waals surface area contributed by atoms with Crippen molar-refractivity contribution < 1.29 is 19.1 Å². The molecule has 1 aliphatic carbocycles. The van der Waals surface area contributed by atoms with E-state index in [1.54, 1.807) is 11.0 Å². The number of nitrogens with zero attached hydrogens (tertiary/aromatic N) is 4. The van der Waals surface area contributed by atoms with Gasteiger partial charge in [-0.05, 0) is 43.4 Å². The van der Waals surface area contributed by atoms with Crippen molar-refractivity contribution >= 4 is 23.6 Å². The summed E-state index contributed by atoms with van der Waals surface area (Å²) in [7, 11) is 3.62. The maximum atomic E-state index is 13.7. The van der Waals surface area contributed by atoms with Gasteiger partial charge >= 0.3 is 5.97 Å². The Kier molecular flexibility index (Phi) is 5.32. The molecule has 8 nitrogen and oxygen atoms in total. The maximum Gasteiger partial charge on any atom is 0.339 e. The van der Waals surface area contributed by atoms with E-state index in [-0.39, 0.29) is 23.7 Å². The number of carbonyl (C=O) groups is 3. The van der Waals surface area contributed by atoms with Crippen molar-refractivity contribution in [2.75, 3.05) is 45.2 Å². The van der Waals surface area contributed by atoms with E-state index < -0.39 is 11.0 Å². The lowest BCUT2D eigenvalue weighted by molar-refractivity contribution is -0.134. The lowest BCUT2D eigenvalue weighted by atomic mass is 9.91. The summed E-state index contributed by atoms with van der Waals surface area (Å²) in [6, 6.07) is 11.6. The van der Waals surface area contributed by atoms with Gasteiger partial charge in [-0.2, -0.15) is 0 Å². The Morgan fingerprint density at radius 2 is 1.78 bits per heavy atom. The van der Waals surface area contributed by atoms with Crippen molar-refractivity contribution in [3.05, 3.63) is 59.3 Å². The summed E-state index contributed by atoms with van der Waals surface area (Å²) < 4.78 is 5.84. The van der Waals surface area contributed by atoms with Gasteiger partial charge in [-0.1, -0.05) is 24.3 Å². The highest BCUT2D eigenvalue weighted by Gasteiger charge is 2.57. The molecule has 1 spiro atoms. The van der Waals surface area contributed by atoms with Gasteiger partial charge in [0.15, 0.2) is 5.60 Å². The number of benzene rings is 1. The first-order chi connectivity index (χ1) is 17.3. The molecule has 1 unspecified atom stereocenters. The van der Waals surface area contributed by atoms with Gasteiger partial charge in [0.25, 0.3) is 0 Å². The largest absolute Gasteiger partial charge is 0.449 e. The molecule has 1 aromatic carbocycles. The zero-order valence-corrected chi connectivity index (χ0v) is 20.9. The second-order valence-electron chi connectivity index (χ2n) is 10.9. The fourth-order valence-electron chi connectivity index (χ4n) is 6.23. The minimum Gasteiger partial charge on any atom is -0.449 e. The molecule has 0 N–H and O–H groups in total. The van der Waals surface area contributed by atoms with Gasteiger partial charge in [0.1, 0.15) is 5.82 Å². The molecule has 3 fully saturated rings. The summed E-state index contributed by atoms with van der Waals surface area (Å²) in [5.41, 5.74) is 1.23. The average molecular weight is 489 g/mol. The van der Waals surface area contributed by atoms with E-state index in [2.05, 4.69) is 4.90 Å². The van der Waals surface area contributed by atoms with Crippen LogP contribution in [-0.2, 0) is 25.3 Å². The summed E-state index contributed by atoms with van der Waals surface area (Å²) >= 11 is 0. The SMILES string of the molecule is CN(C)C(=O)C1CCN(c2ccc(C3(C(=O)N4CCC5(C4)OC(=O)c4ccccc45)CC3)cn2)CC1. The Morgan fingerprint density at radius 1 is 1.03 bits per heavy atom. The van der Waals surface area contributed by atoms with Crippen LogP contribution >= 0.6 is 0 Å². The fourth-order valence-corrected chi connectivity index (χ4v) is 6.23. The first-order valence-electron chi connectivity index (χ1n) is 12.9. The monoisotopic (exact) mass is 488 g/mol. The molecule has 0 bridgehead atoms. The maximum absolute atomic E-state index is 13.7. The van der Waals surface area contributed by atoms with Gasteiger partial charge < -0.3 is 19.4 Å². The third-order valence-corrected chi connectivity index (χ3v) is 8.51.